The first kappa shape index (κ1) is 28.9. The van der Waals surface area contributed by atoms with Gasteiger partial charge < -0.3 is 15.5 Å². The molecular weight excluding hydrogens is 484 g/mol. The van der Waals surface area contributed by atoms with Gasteiger partial charge >= 0.3 is 0 Å². The second-order valence-corrected chi connectivity index (χ2v) is 10.7. The minimum absolute atomic E-state index is 0.0458. The van der Waals surface area contributed by atoms with E-state index in [0.29, 0.717) is 30.8 Å². The number of nitrogens with zero attached hydrogens (tertiary/aromatic N) is 2. The molecule has 0 saturated carbocycles. The van der Waals surface area contributed by atoms with Crippen molar-refractivity contribution in [1.82, 2.24) is 20.5 Å². The average molecular weight is 521 g/mol. The van der Waals surface area contributed by atoms with Crippen LogP contribution in [0.25, 0.3) is 10.2 Å². The number of fused-ring (bicyclic) bond motifs is 1. The van der Waals surface area contributed by atoms with Crippen molar-refractivity contribution >= 4 is 50.8 Å². The molecule has 0 aliphatic rings. The fourth-order valence-corrected chi connectivity index (χ4v) is 5.01. The van der Waals surface area contributed by atoms with Crippen molar-refractivity contribution in [3.05, 3.63) is 40.4 Å². The molecule has 7 nitrogen and oxygen atoms in total. The highest BCUT2D eigenvalue weighted by molar-refractivity contribution is 7.18. The van der Waals surface area contributed by atoms with Gasteiger partial charge in [0.25, 0.3) is 0 Å². The van der Waals surface area contributed by atoms with Gasteiger partial charge in [0.2, 0.25) is 11.8 Å². The van der Waals surface area contributed by atoms with E-state index in [4.69, 9.17) is 11.6 Å². The Hall–Kier alpha value is -2.29. The number of aromatic nitrogens is 1. The van der Waals surface area contributed by atoms with Gasteiger partial charge in [-0.15, -0.1) is 11.3 Å². The number of halogens is 1. The number of carbonyl (C=O) groups is 3. The third-order valence-electron chi connectivity index (χ3n) is 6.03. The standard InChI is InChI=1S/C26H37ClN4O3S/c1-6-17(2)21(12-10-20(32)8-7-13-31(4)5)30-26(34)18(14-24(33)28-3)15-25-29-22-11-9-19(27)16-23(22)35-25/h7-9,11,16-18,21H,6,10,12-15H2,1-5H3,(H,28,33)(H,30,34)/b8-7+/t17-,18-,21+/m0/s1. The monoisotopic (exact) mass is 520 g/mol. The Morgan fingerprint density at radius 2 is 2.00 bits per heavy atom. The van der Waals surface area contributed by atoms with Crippen LogP contribution in [0.1, 0.15) is 44.5 Å². The Bertz CT molecular complexity index is 1040. The highest BCUT2D eigenvalue weighted by Gasteiger charge is 2.27. The summed E-state index contributed by atoms with van der Waals surface area (Å²) in [4.78, 5) is 44.5. The van der Waals surface area contributed by atoms with Gasteiger partial charge in [-0.05, 0) is 50.7 Å². The van der Waals surface area contributed by atoms with E-state index < -0.39 is 5.92 Å². The summed E-state index contributed by atoms with van der Waals surface area (Å²) in [5, 5.41) is 7.18. The quantitative estimate of drug-likeness (QED) is 0.363. The third kappa shape index (κ3) is 9.70. The maximum absolute atomic E-state index is 13.4. The molecule has 0 bridgehead atoms. The first-order chi connectivity index (χ1) is 16.6. The number of amides is 2. The van der Waals surface area contributed by atoms with Gasteiger partial charge in [-0.25, -0.2) is 4.98 Å². The second kappa shape index (κ2) is 14.3. The molecular formula is C26H37ClN4O3S. The number of allylic oxidation sites excluding steroid dienone is 1. The van der Waals surface area contributed by atoms with E-state index in [-0.39, 0.29) is 36.0 Å². The zero-order chi connectivity index (χ0) is 26.0. The van der Waals surface area contributed by atoms with E-state index in [9.17, 15) is 14.4 Å². The largest absolute Gasteiger partial charge is 0.359 e. The maximum Gasteiger partial charge on any atom is 0.224 e. The molecule has 2 amide bonds. The van der Waals surface area contributed by atoms with E-state index in [1.807, 2.05) is 37.2 Å². The first-order valence-corrected chi connectivity index (χ1v) is 13.2. The summed E-state index contributed by atoms with van der Waals surface area (Å²) in [6.07, 6.45) is 5.67. The number of hydrogen-bond donors (Lipinski definition) is 2. The van der Waals surface area contributed by atoms with Crippen LogP contribution in [0.5, 0.6) is 0 Å². The minimum Gasteiger partial charge on any atom is -0.359 e. The molecule has 0 fully saturated rings. The topological polar surface area (TPSA) is 91.4 Å². The summed E-state index contributed by atoms with van der Waals surface area (Å²) < 4.78 is 0.949. The molecule has 0 unspecified atom stereocenters. The second-order valence-electron chi connectivity index (χ2n) is 9.17. The molecule has 35 heavy (non-hydrogen) atoms. The molecule has 0 aliphatic heterocycles. The molecule has 2 rings (SSSR count). The highest BCUT2D eigenvalue weighted by atomic mass is 35.5. The number of nitrogens with one attached hydrogen (secondary N) is 2. The zero-order valence-corrected chi connectivity index (χ0v) is 22.8. The van der Waals surface area contributed by atoms with Crippen LogP contribution in [0.15, 0.2) is 30.4 Å². The molecule has 1 aromatic carbocycles. The summed E-state index contributed by atoms with van der Waals surface area (Å²) in [6.45, 7) is 4.84. The van der Waals surface area contributed by atoms with Gasteiger partial charge in [0.05, 0.1) is 21.1 Å². The lowest BCUT2D eigenvalue weighted by Crippen LogP contribution is -2.44. The summed E-state index contributed by atoms with van der Waals surface area (Å²) >= 11 is 7.58. The van der Waals surface area contributed by atoms with E-state index in [2.05, 4.69) is 29.5 Å². The Labute approximate surface area is 217 Å². The van der Waals surface area contributed by atoms with Crippen molar-refractivity contribution < 1.29 is 14.4 Å². The van der Waals surface area contributed by atoms with Crippen molar-refractivity contribution in [2.24, 2.45) is 11.8 Å². The lowest BCUT2D eigenvalue weighted by Gasteiger charge is -2.26. The third-order valence-corrected chi connectivity index (χ3v) is 7.31. The number of likely N-dealkylation sites (N-methyl/N-ethyl adjacent to an activating group) is 1. The Kier molecular flexibility index (Phi) is 11.8. The Morgan fingerprint density at radius 3 is 2.66 bits per heavy atom. The Morgan fingerprint density at radius 1 is 1.26 bits per heavy atom. The van der Waals surface area contributed by atoms with E-state index >= 15 is 0 Å². The number of benzene rings is 1. The molecule has 9 heteroatoms. The smallest absolute Gasteiger partial charge is 0.224 e. The van der Waals surface area contributed by atoms with Crippen LogP contribution in [0.3, 0.4) is 0 Å². The van der Waals surface area contributed by atoms with Gasteiger partial charge in [0.1, 0.15) is 0 Å². The number of thiazole rings is 1. The average Bonchev–Trinajstić information content (AvgIpc) is 3.21. The number of ketones is 1. The van der Waals surface area contributed by atoms with E-state index in [1.54, 1.807) is 19.2 Å². The van der Waals surface area contributed by atoms with Crippen molar-refractivity contribution in [1.29, 1.82) is 0 Å². The molecule has 0 saturated heterocycles. The molecule has 0 aliphatic carbocycles. The van der Waals surface area contributed by atoms with Crippen molar-refractivity contribution in [3.63, 3.8) is 0 Å². The van der Waals surface area contributed by atoms with Gasteiger partial charge in [-0.1, -0.05) is 37.9 Å². The molecule has 192 valence electrons. The van der Waals surface area contributed by atoms with Gasteiger partial charge in [-0.2, -0.15) is 0 Å². The van der Waals surface area contributed by atoms with Gasteiger partial charge in [-0.3, -0.25) is 14.4 Å². The van der Waals surface area contributed by atoms with Crippen LogP contribution in [-0.4, -0.2) is 61.2 Å². The lowest BCUT2D eigenvalue weighted by atomic mass is 9.92. The lowest BCUT2D eigenvalue weighted by molar-refractivity contribution is -0.131. The predicted octanol–water partition coefficient (Wildman–Crippen LogP) is 4.24. The summed E-state index contributed by atoms with van der Waals surface area (Å²) in [5.74, 6) is -0.706. The van der Waals surface area contributed by atoms with Crippen molar-refractivity contribution in [2.45, 2.75) is 52.0 Å². The van der Waals surface area contributed by atoms with Gasteiger partial charge in [0.15, 0.2) is 5.78 Å². The number of rotatable bonds is 14. The van der Waals surface area contributed by atoms with E-state index in [0.717, 1.165) is 21.6 Å². The molecule has 1 aromatic heterocycles. The van der Waals surface area contributed by atoms with Crippen LogP contribution in [-0.2, 0) is 20.8 Å². The normalized spacial score (nSPS) is 14.3. The predicted molar refractivity (Wildman–Crippen MR) is 144 cm³/mol. The fourth-order valence-electron chi connectivity index (χ4n) is 3.69. The molecule has 1 heterocycles. The van der Waals surface area contributed by atoms with Crippen molar-refractivity contribution in [2.75, 3.05) is 27.7 Å². The highest BCUT2D eigenvalue weighted by Crippen LogP contribution is 2.27. The first-order valence-electron chi connectivity index (χ1n) is 12.0. The SMILES string of the molecule is CC[C@H](C)[C@@H](CCC(=O)/C=C/CN(C)C)NC(=O)[C@@H](CC(=O)NC)Cc1nc2ccc(Cl)cc2s1. The molecule has 2 N–H and O–H groups in total. The summed E-state index contributed by atoms with van der Waals surface area (Å²) in [7, 11) is 5.46. The van der Waals surface area contributed by atoms with Crippen LogP contribution in [0, 0.1) is 11.8 Å². The molecule has 2 aromatic rings. The Balaban J connectivity index is 2.11. The van der Waals surface area contributed by atoms with Gasteiger partial charge in [0, 0.05) is 43.9 Å². The van der Waals surface area contributed by atoms with Crippen LogP contribution >= 0.6 is 22.9 Å². The number of carbonyl (C=O) groups excluding carboxylic acids is 3. The van der Waals surface area contributed by atoms with Crippen LogP contribution in [0.2, 0.25) is 5.02 Å². The van der Waals surface area contributed by atoms with Crippen molar-refractivity contribution in [3.8, 4) is 0 Å². The minimum atomic E-state index is -0.562. The number of hydrogen-bond acceptors (Lipinski definition) is 6. The van der Waals surface area contributed by atoms with E-state index in [1.165, 1.54) is 11.3 Å². The molecule has 0 radical (unpaired) electrons. The molecule has 3 atom stereocenters. The van der Waals surface area contributed by atoms with Crippen LogP contribution in [0.4, 0.5) is 0 Å². The van der Waals surface area contributed by atoms with Crippen LogP contribution < -0.4 is 10.6 Å². The summed E-state index contributed by atoms with van der Waals surface area (Å²) in [6, 6.07) is 5.35. The maximum atomic E-state index is 13.4. The molecule has 0 spiro atoms. The zero-order valence-electron chi connectivity index (χ0n) is 21.3. The summed E-state index contributed by atoms with van der Waals surface area (Å²) in [5.41, 5.74) is 0.826. The fraction of sp³-hybridized carbons (Fsp3) is 0.538.